The maximum Gasteiger partial charge on any atom is 0.256 e. The maximum absolute atomic E-state index is 13.3. The molecule has 0 bridgehead atoms. The molecule has 0 unspecified atom stereocenters. The van der Waals surface area contributed by atoms with Crippen LogP contribution in [0.4, 0.5) is 5.69 Å². The van der Waals surface area contributed by atoms with Gasteiger partial charge < -0.3 is 24.9 Å². The lowest BCUT2D eigenvalue weighted by molar-refractivity contribution is -0.137. The average molecular weight is 394 g/mol. The van der Waals surface area contributed by atoms with E-state index in [9.17, 15) is 14.4 Å². The van der Waals surface area contributed by atoms with Gasteiger partial charge in [0.15, 0.2) is 0 Å². The number of hydrogen-bond donors (Lipinski definition) is 2. The van der Waals surface area contributed by atoms with Crippen LogP contribution in [0, 0.1) is 0 Å². The molecular formula is C21H22N4O4. The van der Waals surface area contributed by atoms with Gasteiger partial charge in [-0.05, 0) is 49.7 Å². The third kappa shape index (κ3) is 3.09. The number of carbonyl (C=O) groups is 3. The Bertz CT molecular complexity index is 965. The minimum absolute atomic E-state index is 0.0178. The van der Waals surface area contributed by atoms with Crippen molar-refractivity contribution in [1.82, 2.24) is 15.1 Å². The van der Waals surface area contributed by atoms with Gasteiger partial charge in [-0.25, -0.2) is 0 Å². The summed E-state index contributed by atoms with van der Waals surface area (Å²) in [5.74, 6) is 0.207. The lowest BCUT2D eigenvalue weighted by Gasteiger charge is -2.40. The Morgan fingerprint density at radius 2 is 2.07 bits per heavy atom. The van der Waals surface area contributed by atoms with E-state index in [1.165, 1.54) is 0 Å². The number of nitrogens with one attached hydrogen (secondary N) is 2. The summed E-state index contributed by atoms with van der Waals surface area (Å²) in [6.45, 7) is 1.82. The van der Waals surface area contributed by atoms with Crippen LogP contribution in [0.15, 0.2) is 41.0 Å². The van der Waals surface area contributed by atoms with Crippen LogP contribution in [0.25, 0.3) is 11.3 Å². The van der Waals surface area contributed by atoms with Crippen molar-refractivity contribution in [3.8, 4) is 11.3 Å². The van der Waals surface area contributed by atoms with Gasteiger partial charge in [-0.2, -0.15) is 0 Å². The minimum Gasteiger partial charge on any atom is -0.464 e. The van der Waals surface area contributed by atoms with Crippen LogP contribution in [0.3, 0.4) is 0 Å². The van der Waals surface area contributed by atoms with Crippen LogP contribution < -0.4 is 10.6 Å². The highest BCUT2D eigenvalue weighted by atomic mass is 16.3. The molecule has 1 aromatic heterocycles. The highest BCUT2D eigenvalue weighted by molar-refractivity contribution is 6.10. The smallest absolute Gasteiger partial charge is 0.256 e. The first kappa shape index (κ1) is 17.9. The zero-order chi connectivity index (χ0) is 20.0. The van der Waals surface area contributed by atoms with E-state index in [0.29, 0.717) is 30.1 Å². The molecule has 2 fully saturated rings. The van der Waals surface area contributed by atoms with Crippen molar-refractivity contribution in [3.05, 3.63) is 42.2 Å². The topological polar surface area (TPSA) is 94.9 Å². The Hall–Kier alpha value is -3.13. The molecule has 5 rings (SSSR count). The molecule has 8 heteroatoms. The largest absolute Gasteiger partial charge is 0.464 e. The number of fused-ring (bicyclic) bond motifs is 2. The predicted octanol–water partition coefficient (Wildman–Crippen LogP) is 1.30. The fraction of sp³-hybridized carbons (Fsp3) is 0.381. The minimum atomic E-state index is -0.693. The highest BCUT2D eigenvalue weighted by Gasteiger charge is 2.41. The number of nitrogens with zero attached hydrogens (tertiary/aromatic N) is 2. The van der Waals surface area contributed by atoms with E-state index in [0.717, 1.165) is 24.9 Å². The van der Waals surface area contributed by atoms with E-state index in [1.54, 1.807) is 34.3 Å². The number of piperazine rings is 1. The molecule has 3 amide bonds. The average Bonchev–Trinajstić information content (AvgIpc) is 3.45. The van der Waals surface area contributed by atoms with Crippen molar-refractivity contribution < 1.29 is 18.8 Å². The Kier molecular flexibility index (Phi) is 4.35. The first-order chi connectivity index (χ1) is 14.1. The van der Waals surface area contributed by atoms with Crippen LogP contribution in [0.5, 0.6) is 0 Å². The maximum atomic E-state index is 13.3. The lowest BCUT2D eigenvalue weighted by atomic mass is 10.0. The Morgan fingerprint density at radius 3 is 2.83 bits per heavy atom. The second-order valence-corrected chi connectivity index (χ2v) is 7.67. The molecule has 4 heterocycles. The molecule has 8 nitrogen and oxygen atoms in total. The molecule has 2 N–H and O–H groups in total. The van der Waals surface area contributed by atoms with Gasteiger partial charge in [0.2, 0.25) is 11.8 Å². The molecule has 150 valence electrons. The second kappa shape index (κ2) is 7.04. The van der Waals surface area contributed by atoms with Crippen LogP contribution >= 0.6 is 0 Å². The Labute approximate surface area is 167 Å². The molecule has 2 atom stereocenters. The van der Waals surface area contributed by atoms with Gasteiger partial charge >= 0.3 is 0 Å². The summed E-state index contributed by atoms with van der Waals surface area (Å²) in [5, 5.41) is 6.08. The standard InChI is InChI=1S/C21H22N4O4/c26-19-17-12-24(21(28)16-3-1-7-22-16)8-9-25(17)20(27)14-11-13(5-6-15(14)23-19)18-4-2-10-29-18/h2,4-6,10-11,16-17,22H,1,3,7-9,12H2,(H,23,26)/t16-,17+/m1/s1. The molecule has 3 aliphatic heterocycles. The monoisotopic (exact) mass is 394 g/mol. The van der Waals surface area contributed by atoms with Gasteiger partial charge in [-0.3, -0.25) is 14.4 Å². The van der Waals surface area contributed by atoms with E-state index < -0.39 is 6.04 Å². The van der Waals surface area contributed by atoms with E-state index in [-0.39, 0.29) is 30.3 Å². The number of benzene rings is 1. The molecule has 0 saturated carbocycles. The van der Waals surface area contributed by atoms with E-state index in [1.807, 2.05) is 12.1 Å². The van der Waals surface area contributed by atoms with Crippen LogP contribution in [0.1, 0.15) is 23.2 Å². The van der Waals surface area contributed by atoms with E-state index in [4.69, 9.17) is 4.42 Å². The summed E-state index contributed by atoms with van der Waals surface area (Å²) >= 11 is 0. The molecule has 2 saturated heterocycles. The first-order valence-electron chi connectivity index (χ1n) is 9.94. The normalized spacial score (nSPS) is 24.0. The van der Waals surface area contributed by atoms with Crippen molar-refractivity contribution in [3.63, 3.8) is 0 Å². The lowest BCUT2D eigenvalue weighted by Crippen LogP contribution is -2.61. The fourth-order valence-corrected chi connectivity index (χ4v) is 4.36. The fourth-order valence-electron chi connectivity index (χ4n) is 4.36. The predicted molar refractivity (Wildman–Crippen MR) is 105 cm³/mol. The van der Waals surface area contributed by atoms with E-state index >= 15 is 0 Å². The highest BCUT2D eigenvalue weighted by Crippen LogP contribution is 2.30. The van der Waals surface area contributed by atoms with Gasteiger partial charge in [0.25, 0.3) is 5.91 Å². The molecule has 2 aromatic rings. The number of hydrogen-bond acceptors (Lipinski definition) is 5. The molecule has 1 aromatic carbocycles. The van der Waals surface area contributed by atoms with Crippen LogP contribution in [0.2, 0.25) is 0 Å². The summed E-state index contributed by atoms with van der Waals surface area (Å²) in [5.41, 5.74) is 1.70. The van der Waals surface area contributed by atoms with Gasteiger partial charge in [-0.1, -0.05) is 0 Å². The second-order valence-electron chi connectivity index (χ2n) is 7.67. The molecular weight excluding hydrogens is 372 g/mol. The summed E-state index contributed by atoms with van der Waals surface area (Å²) in [6.07, 6.45) is 3.37. The number of carbonyl (C=O) groups excluding carboxylic acids is 3. The zero-order valence-corrected chi connectivity index (χ0v) is 15.9. The quantitative estimate of drug-likeness (QED) is 0.801. The number of amides is 3. The van der Waals surface area contributed by atoms with E-state index in [2.05, 4.69) is 10.6 Å². The molecule has 29 heavy (non-hydrogen) atoms. The Morgan fingerprint density at radius 1 is 1.17 bits per heavy atom. The van der Waals surface area contributed by atoms with Gasteiger partial charge in [-0.15, -0.1) is 0 Å². The van der Waals surface area contributed by atoms with Gasteiger partial charge in [0, 0.05) is 18.7 Å². The summed E-state index contributed by atoms with van der Waals surface area (Å²) in [4.78, 5) is 42.2. The number of anilines is 1. The van der Waals surface area contributed by atoms with Crippen LogP contribution in [-0.2, 0) is 9.59 Å². The zero-order valence-electron chi connectivity index (χ0n) is 15.9. The van der Waals surface area contributed by atoms with Gasteiger partial charge in [0.1, 0.15) is 11.8 Å². The Balaban J connectivity index is 1.42. The van der Waals surface area contributed by atoms with Crippen molar-refractivity contribution in [2.45, 2.75) is 24.9 Å². The summed E-state index contributed by atoms with van der Waals surface area (Å²) < 4.78 is 5.43. The van der Waals surface area contributed by atoms with Crippen molar-refractivity contribution >= 4 is 23.4 Å². The third-order valence-corrected chi connectivity index (χ3v) is 5.93. The van der Waals surface area contributed by atoms with Crippen molar-refractivity contribution in [1.29, 1.82) is 0 Å². The van der Waals surface area contributed by atoms with Crippen LogP contribution in [-0.4, -0.2) is 65.8 Å². The van der Waals surface area contributed by atoms with Gasteiger partial charge in [0.05, 0.1) is 30.1 Å². The molecule has 0 spiro atoms. The van der Waals surface area contributed by atoms with Crippen molar-refractivity contribution in [2.75, 3.05) is 31.5 Å². The summed E-state index contributed by atoms with van der Waals surface area (Å²) in [6, 6.07) is 8.03. The third-order valence-electron chi connectivity index (χ3n) is 5.93. The summed E-state index contributed by atoms with van der Waals surface area (Å²) in [7, 11) is 0. The molecule has 0 aliphatic carbocycles. The molecule has 0 radical (unpaired) electrons. The number of furan rings is 1. The van der Waals surface area contributed by atoms with Crippen molar-refractivity contribution in [2.24, 2.45) is 0 Å². The molecule has 3 aliphatic rings. The number of rotatable bonds is 2. The SMILES string of the molecule is O=C1Nc2ccc(-c3ccco3)cc2C(=O)N2CCN(C(=O)[C@H]3CCCN3)C[C@@H]12. The first-order valence-corrected chi connectivity index (χ1v) is 9.94.